The van der Waals surface area contributed by atoms with E-state index in [0.717, 1.165) is 6.07 Å². The van der Waals surface area contributed by atoms with Gasteiger partial charge in [-0.05, 0) is 46.2 Å². The summed E-state index contributed by atoms with van der Waals surface area (Å²) in [7, 11) is -0.699. The third-order valence-corrected chi connectivity index (χ3v) is 3.95. The highest BCUT2D eigenvalue weighted by Gasteiger charge is 2.52. The summed E-state index contributed by atoms with van der Waals surface area (Å²) in [5.41, 5.74) is -1.00. The summed E-state index contributed by atoms with van der Waals surface area (Å²) in [6.45, 7) is 9.15. The van der Waals surface area contributed by atoms with E-state index >= 15 is 0 Å². The zero-order valence-electron chi connectivity index (χ0n) is 12.1. The quantitative estimate of drug-likeness (QED) is 0.744. The van der Waals surface area contributed by atoms with E-state index in [9.17, 15) is 13.2 Å². The minimum atomic E-state index is -4.45. The molecule has 0 aromatic carbocycles. The molecular formula is C13H17BF3NO2. The van der Waals surface area contributed by atoms with Crippen molar-refractivity contribution >= 4 is 12.6 Å². The summed E-state index contributed by atoms with van der Waals surface area (Å²) in [4.78, 5) is 3.47. The second-order valence-electron chi connectivity index (χ2n) is 6.01. The average Bonchev–Trinajstić information content (AvgIpc) is 2.46. The first-order valence-corrected chi connectivity index (χ1v) is 6.33. The van der Waals surface area contributed by atoms with Gasteiger partial charge in [0.25, 0.3) is 0 Å². The summed E-state index contributed by atoms with van der Waals surface area (Å²) in [5, 5.41) is 0. The van der Waals surface area contributed by atoms with Crippen LogP contribution in [0.1, 0.15) is 39.0 Å². The number of aryl methyl sites for hydroxylation is 1. The van der Waals surface area contributed by atoms with Crippen molar-refractivity contribution in [3.8, 4) is 0 Å². The van der Waals surface area contributed by atoms with Crippen LogP contribution in [-0.4, -0.2) is 23.3 Å². The molecule has 1 aromatic heterocycles. The summed E-state index contributed by atoms with van der Waals surface area (Å²) >= 11 is 0. The van der Waals surface area contributed by atoms with Gasteiger partial charge in [0.15, 0.2) is 0 Å². The van der Waals surface area contributed by atoms with Crippen molar-refractivity contribution in [2.45, 2.75) is 52.0 Å². The lowest BCUT2D eigenvalue weighted by Crippen LogP contribution is -2.41. The zero-order chi connectivity index (χ0) is 15.3. The summed E-state index contributed by atoms with van der Waals surface area (Å²) < 4.78 is 49.4. The molecule has 2 rings (SSSR count). The molecule has 0 amide bonds. The highest BCUT2D eigenvalue weighted by Crippen LogP contribution is 2.37. The molecule has 0 aliphatic carbocycles. The Bertz CT molecular complexity index is 513. The van der Waals surface area contributed by atoms with Gasteiger partial charge >= 0.3 is 13.3 Å². The Kier molecular flexibility index (Phi) is 3.42. The molecule has 7 heteroatoms. The van der Waals surface area contributed by atoms with Crippen molar-refractivity contribution in [1.82, 2.24) is 4.98 Å². The molecule has 110 valence electrons. The van der Waals surface area contributed by atoms with Gasteiger partial charge in [-0.2, -0.15) is 13.2 Å². The Hall–Kier alpha value is -1.08. The van der Waals surface area contributed by atoms with Crippen LogP contribution >= 0.6 is 0 Å². The van der Waals surface area contributed by atoms with Gasteiger partial charge < -0.3 is 9.31 Å². The van der Waals surface area contributed by atoms with Crippen LogP contribution < -0.4 is 5.46 Å². The van der Waals surface area contributed by atoms with Gasteiger partial charge in [-0.1, -0.05) is 0 Å². The standard InChI is InChI=1S/C13H17BF3NO2/c1-8-6-10(13(15,16)17)18-7-9(8)14-19-11(2,3)12(4,5)20-14/h6-7H,1-5H3. The maximum Gasteiger partial charge on any atom is 0.496 e. The first kappa shape index (κ1) is 15.3. The third kappa shape index (κ3) is 2.56. The van der Waals surface area contributed by atoms with Crippen molar-refractivity contribution in [2.75, 3.05) is 0 Å². The van der Waals surface area contributed by atoms with Crippen LogP contribution in [-0.2, 0) is 15.5 Å². The first-order chi connectivity index (χ1) is 8.94. The summed E-state index contributed by atoms with van der Waals surface area (Å²) in [6, 6.07) is 1.01. The van der Waals surface area contributed by atoms with Crippen LogP contribution in [0.2, 0.25) is 0 Å². The predicted octanol–water partition coefficient (Wildman–Crippen LogP) is 2.71. The number of hydrogen-bond donors (Lipinski definition) is 0. The van der Waals surface area contributed by atoms with E-state index in [2.05, 4.69) is 4.98 Å². The van der Waals surface area contributed by atoms with Crippen LogP contribution in [0.4, 0.5) is 13.2 Å². The van der Waals surface area contributed by atoms with Crippen LogP contribution in [0.15, 0.2) is 12.3 Å². The molecule has 1 saturated heterocycles. The molecule has 0 spiro atoms. The van der Waals surface area contributed by atoms with E-state index in [1.165, 1.54) is 6.20 Å². The topological polar surface area (TPSA) is 31.4 Å². The maximum atomic E-state index is 12.6. The molecule has 1 aromatic rings. The third-order valence-electron chi connectivity index (χ3n) is 3.95. The molecule has 0 N–H and O–H groups in total. The molecule has 20 heavy (non-hydrogen) atoms. The monoisotopic (exact) mass is 287 g/mol. The van der Waals surface area contributed by atoms with Crippen molar-refractivity contribution < 1.29 is 22.5 Å². The second kappa shape index (κ2) is 4.46. The Morgan fingerprint density at radius 3 is 2.00 bits per heavy atom. The van der Waals surface area contributed by atoms with Crippen molar-refractivity contribution in [1.29, 1.82) is 0 Å². The Balaban J connectivity index is 2.33. The number of nitrogens with zero attached hydrogens (tertiary/aromatic N) is 1. The fourth-order valence-electron chi connectivity index (χ4n) is 1.94. The van der Waals surface area contributed by atoms with E-state index in [0.29, 0.717) is 11.0 Å². The normalized spacial score (nSPS) is 21.3. The number of alkyl halides is 3. The lowest BCUT2D eigenvalue weighted by atomic mass is 9.77. The van der Waals surface area contributed by atoms with E-state index in [1.807, 2.05) is 27.7 Å². The van der Waals surface area contributed by atoms with E-state index in [4.69, 9.17) is 9.31 Å². The van der Waals surface area contributed by atoms with Gasteiger partial charge in [-0.15, -0.1) is 0 Å². The Morgan fingerprint density at radius 2 is 1.60 bits per heavy atom. The maximum absolute atomic E-state index is 12.6. The number of pyridine rings is 1. The van der Waals surface area contributed by atoms with Gasteiger partial charge in [-0.25, -0.2) is 0 Å². The molecule has 2 heterocycles. The summed E-state index contributed by atoms with van der Waals surface area (Å²) in [6.07, 6.45) is -3.26. The molecule has 0 atom stereocenters. The fraction of sp³-hybridized carbons (Fsp3) is 0.615. The van der Waals surface area contributed by atoms with E-state index in [1.54, 1.807) is 6.92 Å². The number of halogens is 3. The highest BCUT2D eigenvalue weighted by atomic mass is 19.4. The average molecular weight is 287 g/mol. The lowest BCUT2D eigenvalue weighted by molar-refractivity contribution is -0.141. The Labute approximate surface area is 116 Å². The minimum absolute atomic E-state index is 0.450. The first-order valence-electron chi connectivity index (χ1n) is 6.33. The number of hydrogen-bond acceptors (Lipinski definition) is 3. The van der Waals surface area contributed by atoms with Crippen LogP contribution in [0.25, 0.3) is 0 Å². The molecular weight excluding hydrogens is 270 g/mol. The molecule has 0 saturated carbocycles. The molecule has 0 radical (unpaired) electrons. The molecule has 1 aliphatic rings. The zero-order valence-corrected chi connectivity index (χ0v) is 12.1. The largest absolute Gasteiger partial charge is 0.496 e. The molecule has 1 fully saturated rings. The van der Waals surface area contributed by atoms with E-state index in [-0.39, 0.29) is 0 Å². The summed E-state index contributed by atoms with van der Waals surface area (Å²) in [5.74, 6) is 0. The van der Waals surface area contributed by atoms with E-state index < -0.39 is 30.2 Å². The molecule has 3 nitrogen and oxygen atoms in total. The van der Waals surface area contributed by atoms with Crippen LogP contribution in [0.5, 0.6) is 0 Å². The second-order valence-corrected chi connectivity index (χ2v) is 6.01. The fourth-order valence-corrected chi connectivity index (χ4v) is 1.94. The smallest absolute Gasteiger partial charge is 0.399 e. The van der Waals surface area contributed by atoms with Gasteiger partial charge in [0.1, 0.15) is 5.69 Å². The van der Waals surface area contributed by atoms with Crippen molar-refractivity contribution in [3.63, 3.8) is 0 Å². The van der Waals surface area contributed by atoms with Gasteiger partial charge in [0, 0.05) is 11.7 Å². The predicted molar refractivity (Wildman–Crippen MR) is 69.7 cm³/mol. The number of rotatable bonds is 1. The van der Waals surface area contributed by atoms with Gasteiger partial charge in [0.2, 0.25) is 0 Å². The van der Waals surface area contributed by atoms with Crippen LogP contribution in [0.3, 0.4) is 0 Å². The number of aromatic nitrogens is 1. The molecule has 0 unspecified atom stereocenters. The minimum Gasteiger partial charge on any atom is -0.399 e. The van der Waals surface area contributed by atoms with Gasteiger partial charge in [-0.3, -0.25) is 4.98 Å². The SMILES string of the molecule is Cc1cc(C(F)(F)F)ncc1B1OC(C)(C)C(C)(C)O1. The van der Waals surface area contributed by atoms with Crippen molar-refractivity contribution in [3.05, 3.63) is 23.5 Å². The molecule has 0 bridgehead atoms. The van der Waals surface area contributed by atoms with Crippen LogP contribution in [0, 0.1) is 6.92 Å². The Morgan fingerprint density at radius 1 is 1.10 bits per heavy atom. The van der Waals surface area contributed by atoms with Gasteiger partial charge in [0.05, 0.1) is 11.2 Å². The lowest BCUT2D eigenvalue weighted by Gasteiger charge is -2.32. The molecule has 1 aliphatic heterocycles. The van der Waals surface area contributed by atoms with Crippen molar-refractivity contribution in [2.24, 2.45) is 0 Å². The highest BCUT2D eigenvalue weighted by molar-refractivity contribution is 6.62.